The fourth-order valence-electron chi connectivity index (χ4n) is 2.11. The average Bonchev–Trinajstić information content (AvgIpc) is 2.61. The van der Waals surface area contributed by atoms with Gasteiger partial charge in [-0.05, 0) is 31.5 Å². The van der Waals surface area contributed by atoms with E-state index in [1.807, 2.05) is 19.1 Å². The largest absolute Gasteiger partial charge is 0.482 e. The van der Waals surface area contributed by atoms with Crippen LogP contribution in [-0.2, 0) is 14.3 Å². The van der Waals surface area contributed by atoms with E-state index in [0.717, 1.165) is 5.56 Å². The number of para-hydroxylation sites is 3. The molecule has 136 valence electrons. The summed E-state index contributed by atoms with van der Waals surface area (Å²) in [6.07, 6.45) is -1.14. The zero-order chi connectivity index (χ0) is 19.1. The van der Waals surface area contributed by atoms with Crippen molar-refractivity contribution in [2.75, 3.05) is 11.9 Å². The fraction of sp³-hybridized carbons (Fsp3) is 0.222. The summed E-state index contributed by atoms with van der Waals surface area (Å²) in [6, 6.07) is 12.9. The van der Waals surface area contributed by atoms with E-state index in [1.54, 1.807) is 18.2 Å². The first-order valence-electron chi connectivity index (χ1n) is 7.80. The monoisotopic (exact) mass is 358 g/mol. The number of amides is 1. The second-order valence-electron chi connectivity index (χ2n) is 5.45. The highest BCUT2D eigenvalue weighted by molar-refractivity contribution is 5.96. The van der Waals surface area contributed by atoms with Gasteiger partial charge >= 0.3 is 5.97 Å². The number of carbonyl (C=O) groups is 2. The van der Waals surface area contributed by atoms with Gasteiger partial charge in [-0.25, -0.2) is 4.79 Å². The van der Waals surface area contributed by atoms with E-state index in [2.05, 4.69) is 5.32 Å². The van der Waals surface area contributed by atoms with Gasteiger partial charge in [0.25, 0.3) is 11.6 Å². The molecule has 0 bridgehead atoms. The Kier molecular flexibility index (Phi) is 6.26. The van der Waals surface area contributed by atoms with Gasteiger partial charge in [0.15, 0.2) is 12.7 Å². The quantitative estimate of drug-likeness (QED) is 0.463. The van der Waals surface area contributed by atoms with Crippen LogP contribution in [0.15, 0.2) is 48.5 Å². The molecule has 1 atom stereocenters. The minimum atomic E-state index is -1.14. The van der Waals surface area contributed by atoms with Gasteiger partial charge in [0.05, 0.1) is 4.92 Å². The molecule has 0 heterocycles. The number of anilines is 1. The Bertz CT molecular complexity index is 821. The maximum absolute atomic E-state index is 12.1. The molecular formula is C18H18N2O6. The first-order chi connectivity index (χ1) is 12.4. The van der Waals surface area contributed by atoms with Crippen LogP contribution in [0.2, 0.25) is 0 Å². The van der Waals surface area contributed by atoms with Crippen molar-refractivity contribution in [1.82, 2.24) is 0 Å². The number of benzene rings is 2. The number of nitrogens with one attached hydrogen (secondary N) is 1. The third-order valence-corrected chi connectivity index (χ3v) is 3.48. The highest BCUT2D eigenvalue weighted by Crippen LogP contribution is 2.23. The van der Waals surface area contributed by atoms with E-state index < -0.39 is 22.9 Å². The smallest absolute Gasteiger partial charge is 0.344 e. The van der Waals surface area contributed by atoms with Gasteiger partial charge in [0.2, 0.25) is 0 Å². The molecule has 1 amide bonds. The molecule has 2 aromatic carbocycles. The Morgan fingerprint density at radius 2 is 1.81 bits per heavy atom. The number of nitrogens with zero attached hydrogens (tertiary/aromatic N) is 1. The Hall–Kier alpha value is -3.42. The Labute approximate surface area is 149 Å². The molecule has 0 saturated carbocycles. The number of hydrogen-bond acceptors (Lipinski definition) is 6. The molecule has 1 N–H and O–H groups in total. The molecule has 0 fully saturated rings. The van der Waals surface area contributed by atoms with Crippen LogP contribution in [0.25, 0.3) is 0 Å². The maximum atomic E-state index is 12.1. The summed E-state index contributed by atoms with van der Waals surface area (Å²) >= 11 is 0. The van der Waals surface area contributed by atoms with Gasteiger partial charge in [0.1, 0.15) is 11.4 Å². The lowest BCUT2D eigenvalue weighted by Gasteiger charge is -2.14. The predicted octanol–water partition coefficient (Wildman–Crippen LogP) is 2.85. The molecule has 2 aromatic rings. The van der Waals surface area contributed by atoms with Gasteiger partial charge in [-0.15, -0.1) is 0 Å². The van der Waals surface area contributed by atoms with Gasteiger partial charge in [-0.1, -0.05) is 30.3 Å². The van der Waals surface area contributed by atoms with Crippen LogP contribution in [0, 0.1) is 17.0 Å². The summed E-state index contributed by atoms with van der Waals surface area (Å²) in [6.45, 7) is 2.85. The minimum Gasteiger partial charge on any atom is -0.482 e. The number of aryl methyl sites for hydroxylation is 1. The highest BCUT2D eigenvalue weighted by Gasteiger charge is 2.21. The molecule has 0 aliphatic carbocycles. The van der Waals surface area contributed by atoms with Gasteiger partial charge in [-0.3, -0.25) is 14.9 Å². The molecule has 0 spiro atoms. The van der Waals surface area contributed by atoms with E-state index in [4.69, 9.17) is 9.47 Å². The highest BCUT2D eigenvalue weighted by atomic mass is 16.6. The molecule has 2 rings (SSSR count). The summed E-state index contributed by atoms with van der Waals surface area (Å²) in [5, 5.41) is 13.3. The number of nitro benzene ring substituents is 1. The van der Waals surface area contributed by atoms with Crippen LogP contribution in [-0.4, -0.2) is 29.5 Å². The Morgan fingerprint density at radius 3 is 2.50 bits per heavy atom. The van der Waals surface area contributed by atoms with E-state index in [-0.39, 0.29) is 18.0 Å². The van der Waals surface area contributed by atoms with Crippen molar-refractivity contribution < 1.29 is 24.0 Å². The van der Waals surface area contributed by atoms with Crippen molar-refractivity contribution in [3.05, 3.63) is 64.2 Å². The van der Waals surface area contributed by atoms with Crippen molar-refractivity contribution in [1.29, 1.82) is 0 Å². The molecule has 0 aliphatic rings. The number of ether oxygens (including phenoxy) is 2. The summed E-state index contributed by atoms with van der Waals surface area (Å²) < 4.78 is 10.4. The lowest BCUT2D eigenvalue weighted by atomic mass is 10.2. The zero-order valence-electron chi connectivity index (χ0n) is 14.3. The first kappa shape index (κ1) is 18.9. The van der Waals surface area contributed by atoms with Crippen molar-refractivity contribution in [3.63, 3.8) is 0 Å². The fourth-order valence-corrected chi connectivity index (χ4v) is 2.11. The molecule has 0 aromatic heterocycles. The molecular weight excluding hydrogens is 340 g/mol. The standard InChI is InChI=1S/C18H18N2O6/c1-12-7-3-6-10-16(12)25-11-17(21)26-13(2)18(22)19-14-8-4-5-9-15(14)20(23)24/h3-10,13H,11H2,1-2H3,(H,19,22). The minimum absolute atomic E-state index is 0.0292. The number of rotatable bonds is 7. The summed E-state index contributed by atoms with van der Waals surface area (Å²) in [5.74, 6) is -0.858. The lowest BCUT2D eigenvalue weighted by molar-refractivity contribution is -0.383. The van der Waals surface area contributed by atoms with E-state index in [1.165, 1.54) is 25.1 Å². The summed E-state index contributed by atoms with van der Waals surface area (Å²) in [7, 11) is 0. The number of hydrogen-bond donors (Lipinski definition) is 1. The topological polar surface area (TPSA) is 108 Å². The van der Waals surface area contributed by atoms with Gasteiger partial charge in [-0.2, -0.15) is 0 Å². The molecule has 1 unspecified atom stereocenters. The number of carbonyl (C=O) groups excluding carboxylic acids is 2. The van der Waals surface area contributed by atoms with Gasteiger partial charge < -0.3 is 14.8 Å². The molecule has 0 radical (unpaired) electrons. The molecule has 26 heavy (non-hydrogen) atoms. The van der Waals surface area contributed by atoms with Crippen LogP contribution >= 0.6 is 0 Å². The van der Waals surface area contributed by atoms with Crippen molar-refractivity contribution in [2.45, 2.75) is 20.0 Å². The van der Waals surface area contributed by atoms with Crippen molar-refractivity contribution in [2.24, 2.45) is 0 Å². The second-order valence-corrected chi connectivity index (χ2v) is 5.45. The molecule has 0 aliphatic heterocycles. The second kappa shape index (κ2) is 8.61. The van der Waals surface area contributed by atoms with Crippen molar-refractivity contribution >= 4 is 23.3 Å². The third kappa shape index (κ3) is 5.04. The van der Waals surface area contributed by atoms with E-state index in [0.29, 0.717) is 5.75 Å². The Balaban J connectivity index is 1.90. The first-order valence-corrected chi connectivity index (χ1v) is 7.80. The average molecular weight is 358 g/mol. The Morgan fingerprint density at radius 1 is 1.15 bits per heavy atom. The number of nitro groups is 1. The van der Waals surface area contributed by atoms with E-state index in [9.17, 15) is 19.7 Å². The third-order valence-electron chi connectivity index (χ3n) is 3.48. The van der Waals surface area contributed by atoms with Crippen LogP contribution in [0.1, 0.15) is 12.5 Å². The maximum Gasteiger partial charge on any atom is 0.344 e. The van der Waals surface area contributed by atoms with Crippen LogP contribution in [0.5, 0.6) is 5.75 Å². The lowest BCUT2D eigenvalue weighted by Crippen LogP contribution is -2.31. The van der Waals surface area contributed by atoms with Crippen LogP contribution in [0.3, 0.4) is 0 Å². The molecule has 0 saturated heterocycles. The summed E-state index contributed by atoms with van der Waals surface area (Å²) in [4.78, 5) is 34.3. The normalized spacial score (nSPS) is 11.3. The zero-order valence-corrected chi connectivity index (χ0v) is 14.3. The predicted molar refractivity (Wildman–Crippen MR) is 94.0 cm³/mol. The van der Waals surface area contributed by atoms with Crippen molar-refractivity contribution in [3.8, 4) is 5.75 Å². The van der Waals surface area contributed by atoms with Crippen LogP contribution < -0.4 is 10.1 Å². The SMILES string of the molecule is Cc1ccccc1OCC(=O)OC(C)C(=O)Nc1ccccc1[N+](=O)[O-]. The van der Waals surface area contributed by atoms with E-state index >= 15 is 0 Å². The van der Waals surface area contributed by atoms with Gasteiger partial charge in [0, 0.05) is 6.07 Å². The molecule has 8 nitrogen and oxygen atoms in total. The van der Waals surface area contributed by atoms with Crippen LogP contribution in [0.4, 0.5) is 11.4 Å². The summed E-state index contributed by atoms with van der Waals surface area (Å²) in [5.41, 5.74) is 0.645. The molecule has 8 heteroatoms. The number of esters is 1.